The number of fused-ring (bicyclic) bond motifs is 2. The topological polar surface area (TPSA) is 110 Å². The van der Waals surface area contributed by atoms with E-state index in [0.717, 1.165) is 31.3 Å². The van der Waals surface area contributed by atoms with Gasteiger partial charge in [-0.3, -0.25) is 9.35 Å². The fourth-order valence-electron chi connectivity index (χ4n) is 4.07. The van der Waals surface area contributed by atoms with Crippen LogP contribution in [-0.4, -0.2) is 45.0 Å². The zero-order valence-corrected chi connectivity index (χ0v) is 14.8. The molecule has 0 aromatic carbocycles. The van der Waals surface area contributed by atoms with E-state index in [1.54, 1.807) is 11.8 Å². The van der Waals surface area contributed by atoms with Crippen LogP contribution in [0.1, 0.15) is 38.5 Å². The Balaban J connectivity index is 1.66. The van der Waals surface area contributed by atoms with Gasteiger partial charge in [-0.1, -0.05) is 5.04 Å². The highest BCUT2D eigenvalue weighted by Crippen LogP contribution is 2.51. The summed E-state index contributed by atoms with van der Waals surface area (Å²) in [7, 11) is -4.07. The number of thioether (sulfide) groups is 1. The predicted molar refractivity (Wildman–Crippen MR) is 86.4 cm³/mol. The molecule has 0 spiro atoms. The van der Waals surface area contributed by atoms with Crippen LogP contribution < -0.4 is 0 Å². The van der Waals surface area contributed by atoms with Crippen molar-refractivity contribution in [2.75, 3.05) is 0 Å². The molecule has 2 aliphatic carbocycles. The molecule has 2 N–H and O–H groups in total. The molecule has 3 fully saturated rings. The van der Waals surface area contributed by atoms with E-state index in [0.29, 0.717) is 12.8 Å². The zero-order valence-electron chi connectivity index (χ0n) is 12.4. The molecule has 1 heterocycles. The number of hydrogen-bond acceptors (Lipinski definition) is 8. The zero-order chi connectivity index (χ0) is 16.6. The van der Waals surface area contributed by atoms with Gasteiger partial charge in [-0.25, -0.2) is 5.26 Å². The summed E-state index contributed by atoms with van der Waals surface area (Å²) in [5, 5.41) is 11.6. The standard InChI is InChI=1S/C13H20O7S3/c14-13-9-3-1-7(22-20-19-15)5-12(9)21-11-4-2-8(6-10(11)13)23(16,17)18/h7-12,15H,1-6H2,(H,16,17,18). The molecule has 0 aromatic heterocycles. The molecule has 3 rings (SSSR count). The van der Waals surface area contributed by atoms with Crippen molar-refractivity contribution in [3.63, 3.8) is 0 Å². The second-order valence-electron chi connectivity index (χ2n) is 6.45. The van der Waals surface area contributed by atoms with Crippen molar-refractivity contribution in [1.82, 2.24) is 0 Å². The number of carbonyl (C=O) groups excluding carboxylic acids is 1. The van der Waals surface area contributed by atoms with Gasteiger partial charge < -0.3 is 0 Å². The summed E-state index contributed by atoms with van der Waals surface area (Å²) in [6.07, 6.45) is 3.64. The molecule has 23 heavy (non-hydrogen) atoms. The molecule has 132 valence electrons. The molecule has 3 aliphatic rings. The number of Topliss-reactive ketones (excluding diaryl/α,β-unsaturated/α-hetero) is 1. The van der Waals surface area contributed by atoms with E-state index < -0.39 is 15.4 Å². The van der Waals surface area contributed by atoms with Crippen molar-refractivity contribution >= 4 is 39.7 Å². The molecule has 10 heteroatoms. The Morgan fingerprint density at radius 1 is 1.09 bits per heavy atom. The normalized spacial score (nSPS) is 41.2. The lowest BCUT2D eigenvalue weighted by Gasteiger charge is -2.46. The van der Waals surface area contributed by atoms with Crippen LogP contribution in [0.5, 0.6) is 0 Å². The second-order valence-corrected chi connectivity index (χ2v) is 10.6. The maximum Gasteiger partial charge on any atom is 0.267 e. The number of rotatable bonds is 4. The van der Waals surface area contributed by atoms with Gasteiger partial charge in [0.15, 0.2) is 0 Å². The second kappa shape index (κ2) is 7.19. The van der Waals surface area contributed by atoms with Gasteiger partial charge in [0.25, 0.3) is 10.1 Å². The third-order valence-corrected chi connectivity index (χ3v) is 9.08. The highest BCUT2D eigenvalue weighted by atomic mass is 32.2. The van der Waals surface area contributed by atoms with Gasteiger partial charge in [-0.15, -0.1) is 4.33 Å². The van der Waals surface area contributed by atoms with Crippen LogP contribution >= 0.6 is 23.8 Å². The molecular formula is C13H20O7S3. The van der Waals surface area contributed by atoms with E-state index in [2.05, 4.69) is 9.37 Å². The first-order valence-corrected chi connectivity index (χ1v) is 10.9. The summed E-state index contributed by atoms with van der Waals surface area (Å²) in [5.74, 6) is -0.147. The Hall–Kier alpha value is 0.160. The smallest absolute Gasteiger partial charge is 0.267 e. The third kappa shape index (κ3) is 3.88. The van der Waals surface area contributed by atoms with E-state index in [1.807, 2.05) is 0 Å². The molecule has 1 aliphatic heterocycles. The molecule has 6 unspecified atom stereocenters. The monoisotopic (exact) mass is 384 g/mol. The lowest BCUT2D eigenvalue weighted by atomic mass is 9.75. The Morgan fingerprint density at radius 2 is 1.87 bits per heavy atom. The van der Waals surface area contributed by atoms with Crippen LogP contribution in [0.15, 0.2) is 0 Å². The summed E-state index contributed by atoms with van der Waals surface area (Å²) in [5.41, 5.74) is 0. The number of carbonyl (C=O) groups is 1. The quantitative estimate of drug-likeness (QED) is 0.326. The maximum atomic E-state index is 12.8. The van der Waals surface area contributed by atoms with Crippen molar-refractivity contribution in [2.24, 2.45) is 11.8 Å². The van der Waals surface area contributed by atoms with Crippen molar-refractivity contribution in [3.8, 4) is 0 Å². The van der Waals surface area contributed by atoms with E-state index in [9.17, 15) is 17.8 Å². The van der Waals surface area contributed by atoms with E-state index in [4.69, 9.17) is 5.26 Å². The molecule has 7 nitrogen and oxygen atoms in total. The lowest BCUT2D eigenvalue weighted by molar-refractivity contribution is -0.432. The average Bonchev–Trinajstić information content (AvgIpc) is 2.51. The van der Waals surface area contributed by atoms with Gasteiger partial charge in [0.1, 0.15) is 5.78 Å². The minimum atomic E-state index is -4.07. The fraction of sp³-hybridized carbons (Fsp3) is 0.923. The van der Waals surface area contributed by atoms with Crippen LogP contribution in [0.2, 0.25) is 0 Å². The van der Waals surface area contributed by atoms with Crippen LogP contribution in [0, 0.1) is 11.8 Å². The van der Waals surface area contributed by atoms with Gasteiger partial charge in [0.05, 0.1) is 5.25 Å². The molecular weight excluding hydrogens is 364 g/mol. The van der Waals surface area contributed by atoms with Crippen LogP contribution in [0.3, 0.4) is 0 Å². The van der Waals surface area contributed by atoms with Crippen LogP contribution in [-0.2, 0) is 24.3 Å². The highest BCUT2D eigenvalue weighted by molar-refractivity contribution is 8.00. The molecule has 2 saturated carbocycles. The summed E-state index contributed by atoms with van der Waals surface area (Å²) in [6, 6.07) is 0. The largest absolute Gasteiger partial charge is 0.299 e. The average molecular weight is 384 g/mol. The van der Waals surface area contributed by atoms with Gasteiger partial charge in [0.2, 0.25) is 0 Å². The fourth-order valence-corrected chi connectivity index (χ4v) is 7.70. The molecule has 0 radical (unpaired) electrons. The lowest BCUT2D eigenvalue weighted by Crippen LogP contribution is -2.49. The van der Waals surface area contributed by atoms with Crippen molar-refractivity contribution in [1.29, 1.82) is 0 Å². The summed E-state index contributed by atoms with van der Waals surface area (Å²) >= 11 is 2.86. The Morgan fingerprint density at radius 3 is 2.57 bits per heavy atom. The first-order valence-electron chi connectivity index (χ1n) is 7.69. The minimum absolute atomic E-state index is 0.0479. The van der Waals surface area contributed by atoms with Crippen molar-refractivity contribution in [2.45, 2.75) is 59.5 Å². The summed E-state index contributed by atoms with van der Waals surface area (Å²) in [4.78, 5) is 12.8. The summed E-state index contributed by atoms with van der Waals surface area (Å²) in [6.45, 7) is 0. The van der Waals surface area contributed by atoms with Crippen molar-refractivity contribution < 1.29 is 32.4 Å². The predicted octanol–water partition coefficient (Wildman–Crippen LogP) is 2.33. The van der Waals surface area contributed by atoms with E-state index in [1.165, 1.54) is 0 Å². The van der Waals surface area contributed by atoms with Crippen LogP contribution in [0.4, 0.5) is 0 Å². The minimum Gasteiger partial charge on any atom is -0.299 e. The van der Waals surface area contributed by atoms with Gasteiger partial charge in [0, 0.05) is 39.6 Å². The Bertz CT molecular complexity index is 552. The van der Waals surface area contributed by atoms with E-state index in [-0.39, 0.29) is 39.8 Å². The Kier molecular flexibility index (Phi) is 5.61. The first-order chi connectivity index (χ1) is 10.9. The maximum absolute atomic E-state index is 12.8. The SMILES string of the molecule is O=C1C2CCC(SOOO)CC2SC2CCC(S(=O)(=O)O)CC12. The highest BCUT2D eigenvalue weighted by Gasteiger charge is 2.50. The third-order valence-electron chi connectivity index (χ3n) is 5.19. The Labute approximate surface area is 143 Å². The molecule has 0 aromatic rings. The van der Waals surface area contributed by atoms with E-state index >= 15 is 0 Å². The van der Waals surface area contributed by atoms with Crippen molar-refractivity contribution in [3.05, 3.63) is 0 Å². The van der Waals surface area contributed by atoms with Gasteiger partial charge in [-0.2, -0.15) is 20.2 Å². The first kappa shape index (κ1) is 18.0. The van der Waals surface area contributed by atoms with Crippen LogP contribution in [0.25, 0.3) is 0 Å². The summed E-state index contributed by atoms with van der Waals surface area (Å²) < 4.78 is 36.6. The number of ketones is 1. The molecule has 0 amide bonds. The molecule has 6 atom stereocenters. The number of hydrogen-bond donors (Lipinski definition) is 2. The molecule has 0 bridgehead atoms. The van der Waals surface area contributed by atoms with Gasteiger partial charge in [-0.05, 0) is 38.5 Å². The molecule has 1 saturated heterocycles. The van der Waals surface area contributed by atoms with Gasteiger partial charge >= 0.3 is 0 Å².